The van der Waals surface area contributed by atoms with Crippen molar-refractivity contribution >= 4 is 17.5 Å². The van der Waals surface area contributed by atoms with Crippen molar-refractivity contribution in [2.75, 3.05) is 12.4 Å². The molecular formula is C20H21N3O2S. The number of carbonyl (C=O) groups is 1. The van der Waals surface area contributed by atoms with Gasteiger partial charge in [0.15, 0.2) is 10.9 Å². The highest BCUT2D eigenvalue weighted by Crippen LogP contribution is 2.28. The summed E-state index contributed by atoms with van der Waals surface area (Å²) in [4.78, 5) is 19.9. The summed E-state index contributed by atoms with van der Waals surface area (Å²) in [6, 6.07) is 13.9. The summed E-state index contributed by atoms with van der Waals surface area (Å²) < 4.78 is 8.02. The molecule has 1 N–H and O–H groups in total. The van der Waals surface area contributed by atoms with Crippen LogP contribution in [0.15, 0.2) is 60.0 Å². The van der Waals surface area contributed by atoms with Crippen molar-refractivity contribution in [3.05, 3.63) is 60.6 Å². The number of hydrogen-bond acceptors (Lipinski definition) is 4. The van der Waals surface area contributed by atoms with E-state index in [0.29, 0.717) is 11.4 Å². The molecule has 1 fully saturated rings. The average Bonchev–Trinajstić information content (AvgIpc) is 3.43. The molecule has 0 aliphatic carbocycles. The van der Waals surface area contributed by atoms with Crippen molar-refractivity contribution < 1.29 is 9.53 Å². The standard InChI is InChI=1S/C20H21N3O2S/c24-19(17-9-4-10-21-17)14-26-20-22-12-18(15-6-2-1-3-7-15)23(20)13-16-8-5-11-25-16/h1-4,6-7,9-10,12,16,21H,5,8,11,13-14H2/t16-/m0/s1. The molecule has 0 radical (unpaired) electrons. The molecule has 4 rings (SSSR count). The first-order chi connectivity index (χ1) is 12.8. The zero-order valence-corrected chi connectivity index (χ0v) is 15.2. The number of ketones is 1. The average molecular weight is 367 g/mol. The summed E-state index contributed by atoms with van der Waals surface area (Å²) in [6.45, 7) is 1.59. The largest absolute Gasteiger partial charge is 0.376 e. The summed E-state index contributed by atoms with van der Waals surface area (Å²) in [5.74, 6) is 0.435. The summed E-state index contributed by atoms with van der Waals surface area (Å²) in [6.07, 6.45) is 6.05. The van der Waals surface area contributed by atoms with Gasteiger partial charge < -0.3 is 14.3 Å². The van der Waals surface area contributed by atoms with Crippen LogP contribution in [0.25, 0.3) is 11.3 Å². The van der Waals surface area contributed by atoms with Gasteiger partial charge in [-0.15, -0.1) is 0 Å². The molecule has 0 bridgehead atoms. The fourth-order valence-electron chi connectivity index (χ4n) is 3.19. The van der Waals surface area contributed by atoms with E-state index in [2.05, 4.69) is 26.7 Å². The van der Waals surface area contributed by atoms with Crippen LogP contribution in [0.4, 0.5) is 0 Å². The van der Waals surface area contributed by atoms with E-state index in [1.165, 1.54) is 11.8 Å². The Hall–Kier alpha value is -2.31. The molecule has 3 heterocycles. The van der Waals surface area contributed by atoms with Crippen LogP contribution >= 0.6 is 11.8 Å². The number of hydrogen-bond donors (Lipinski definition) is 1. The molecule has 26 heavy (non-hydrogen) atoms. The second kappa shape index (κ2) is 7.93. The molecule has 134 valence electrons. The van der Waals surface area contributed by atoms with E-state index in [1.54, 1.807) is 12.3 Å². The molecule has 0 amide bonds. The third-order valence-electron chi connectivity index (χ3n) is 4.53. The Morgan fingerprint density at radius 3 is 2.88 bits per heavy atom. The molecule has 5 nitrogen and oxygen atoms in total. The number of imidazole rings is 1. The van der Waals surface area contributed by atoms with Gasteiger partial charge in [0, 0.05) is 12.8 Å². The van der Waals surface area contributed by atoms with Crippen molar-refractivity contribution in [1.82, 2.24) is 14.5 Å². The number of thioether (sulfide) groups is 1. The highest BCUT2D eigenvalue weighted by Gasteiger charge is 2.21. The van der Waals surface area contributed by atoms with E-state index in [1.807, 2.05) is 30.5 Å². The molecule has 0 unspecified atom stereocenters. The topological polar surface area (TPSA) is 59.9 Å². The van der Waals surface area contributed by atoms with Crippen molar-refractivity contribution in [3.63, 3.8) is 0 Å². The predicted octanol–water partition coefficient (Wildman–Crippen LogP) is 4.03. The Morgan fingerprint density at radius 2 is 2.15 bits per heavy atom. The van der Waals surface area contributed by atoms with Gasteiger partial charge in [-0.05, 0) is 30.5 Å². The Kier molecular flexibility index (Phi) is 5.22. The minimum Gasteiger partial charge on any atom is -0.376 e. The number of aromatic nitrogens is 3. The van der Waals surface area contributed by atoms with Gasteiger partial charge in [-0.25, -0.2) is 4.98 Å². The van der Waals surface area contributed by atoms with Crippen LogP contribution < -0.4 is 0 Å². The SMILES string of the molecule is O=C(CSc1ncc(-c2ccccc2)n1C[C@@H]1CCCO1)c1ccc[nH]1. The van der Waals surface area contributed by atoms with Gasteiger partial charge in [0.1, 0.15) is 0 Å². The fourth-order valence-corrected chi connectivity index (χ4v) is 4.06. The number of Topliss-reactive ketones (excluding diaryl/α,β-unsaturated/α-hetero) is 1. The molecule has 2 aromatic heterocycles. The van der Waals surface area contributed by atoms with E-state index in [0.717, 1.165) is 42.4 Å². The molecule has 0 spiro atoms. The molecule has 0 saturated carbocycles. The van der Waals surface area contributed by atoms with Gasteiger partial charge in [-0.2, -0.15) is 0 Å². The number of aromatic amines is 1. The summed E-state index contributed by atoms with van der Waals surface area (Å²) in [7, 11) is 0. The molecule has 6 heteroatoms. The van der Waals surface area contributed by atoms with E-state index >= 15 is 0 Å². The van der Waals surface area contributed by atoms with Crippen molar-refractivity contribution in [3.8, 4) is 11.3 Å². The first kappa shape index (κ1) is 17.1. The Bertz CT molecular complexity index is 853. The Labute approximate surface area is 156 Å². The lowest BCUT2D eigenvalue weighted by atomic mass is 10.1. The number of H-pyrrole nitrogens is 1. The van der Waals surface area contributed by atoms with Crippen LogP contribution in [-0.2, 0) is 11.3 Å². The number of nitrogens with one attached hydrogen (secondary N) is 1. The smallest absolute Gasteiger partial charge is 0.189 e. The first-order valence-electron chi connectivity index (χ1n) is 8.83. The predicted molar refractivity (Wildman–Crippen MR) is 102 cm³/mol. The summed E-state index contributed by atoms with van der Waals surface area (Å²) in [5.41, 5.74) is 2.83. The maximum absolute atomic E-state index is 12.3. The van der Waals surface area contributed by atoms with E-state index in [4.69, 9.17) is 4.74 Å². The number of carbonyl (C=O) groups excluding carboxylic acids is 1. The lowest BCUT2D eigenvalue weighted by molar-refractivity contribution is 0.0954. The number of benzene rings is 1. The van der Waals surface area contributed by atoms with Crippen molar-refractivity contribution in [1.29, 1.82) is 0 Å². The quantitative estimate of drug-likeness (QED) is 0.506. The first-order valence-corrected chi connectivity index (χ1v) is 9.82. The second-order valence-corrected chi connectivity index (χ2v) is 7.28. The maximum atomic E-state index is 12.3. The number of ether oxygens (including phenoxy) is 1. The summed E-state index contributed by atoms with van der Waals surface area (Å²) in [5, 5.41) is 0.860. The lowest BCUT2D eigenvalue weighted by Crippen LogP contribution is -2.17. The minimum absolute atomic E-state index is 0.0768. The van der Waals surface area contributed by atoms with E-state index in [-0.39, 0.29) is 11.9 Å². The van der Waals surface area contributed by atoms with Crippen LogP contribution in [0.3, 0.4) is 0 Å². The molecule has 3 aromatic rings. The van der Waals surface area contributed by atoms with Gasteiger partial charge in [-0.3, -0.25) is 4.79 Å². The van der Waals surface area contributed by atoms with E-state index < -0.39 is 0 Å². The van der Waals surface area contributed by atoms with Crippen LogP contribution in [-0.4, -0.2) is 38.8 Å². The zero-order valence-electron chi connectivity index (χ0n) is 14.4. The normalized spacial score (nSPS) is 16.8. The van der Waals surface area contributed by atoms with Crippen LogP contribution in [0.2, 0.25) is 0 Å². The van der Waals surface area contributed by atoms with Gasteiger partial charge in [0.2, 0.25) is 0 Å². The minimum atomic E-state index is 0.0768. The molecule has 1 aliphatic rings. The van der Waals surface area contributed by atoms with E-state index in [9.17, 15) is 4.79 Å². The number of rotatable bonds is 7. The third-order valence-corrected chi connectivity index (χ3v) is 5.52. The molecule has 1 atom stereocenters. The van der Waals surface area contributed by atoms with Crippen molar-refractivity contribution in [2.24, 2.45) is 0 Å². The van der Waals surface area contributed by atoms with Crippen LogP contribution in [0.5, 0.6) is 0 Å². The fraction of sp³-hybridized carbons (Fsp3) is 0.300. The molecular weight excluding hydrogens is 346 g/mol. The lowest BCUT2D eigenvalue weighted by Gasteiger charge is -2.16. The van der Waals surface area contributed by atoms with Gasteiger partial charge in [-0.1, -0.05) is 42.1 Å². The highest BCUT2D eigenvalue weighted by atomic mass is 32.2. The Morgan fingerprint density at radius 1 is 1.27 bits per heavy atom. The number of nitrogens with zero attached hydrogens (tertiary/aromatic N) is 2. The maximum Gasteiger partial charge on any atom is 0.189 e. The molecule has 1 aliphatic heterocycles. The zero-order chi connectivity index (χ0) is 17.8. The van der Waals surface area contributed by atoms with Crippen LogP contribution in [0, 0.1) is 0 Å². The monoisotopic (exact) mass is 367 g/mol. The summed E-state index contributed by atoms with van der Waals surface area (Å²) >= 11 is 1.48. The highest BCUT2D eigenvalue weighted by molar-refractivity contribution is 7.99. The Balaban J connectivity index is 1.57. The van der Waals surface area contributed by atoms with Gasteiger partial charge in [0.25, 0.3) is 0 Å². The van der Waals surface area contributed by atoms with Crippen LogP contribution in [0.1, 0.15) is 23.3 Å². The second-order valence-electron chi connectivity index (χ2n) is 6.33. The molecule has 1 aromatic carbocycles. The third kappa shape index (κ3) is 3.76. The molecule has 1 saturated heterocycles. The van der Waals surface area contributed by atoms with Gasteiger partial charge in [0.05, 0.1) is 36.0 Å². The van der Waals surface area contributed by atoms with Gasteiger partial charge >= 0.3 is 0 Å². The van der Waals surface area contributed by atoms with Crippen molar-refractivity contribution in [2.45, 2.75) is 30.6 Å².